The number of methoxy groups -OCH3 is 1. The van der Waals surface area contributed by atoms with E-state index >= 15 is 0 Å². The summed E-state index contributed by atoms with van der Waals surface area (Å²) < 4.78 is 5.85. The summed E-state index contributed by atoms with van der Waals surface area (Å²) in [6, 6.07) is 1.82. The number of nitrogen functional groups attached to an aromatic ring is 1. The summed E-state index contributed by atoms with van der Waals surface area (Å²) in [7, 11) is 1.76. The Balaban J connectivity index is 2.34. The zero-order valence-electron chi connectivity index (χ0n) is 12.1. The number of rotatable bonds is 3. The number of aromatic nitrogens is 1. The van der Waals surface area contributed by atoms with E-state index in [-0.39, 0.29) is 11.6 Å². The first-order valence-corrected chi connectivity index (χ1v) is 7.01. The van der Waals surface area contributed by atoms with Crippen molar-refractivity contribution in [3.8, 4) is 0 Å². The normalized spacial score (nSPS) is 29.2. The van der Waals surface area contributed by atoms with Gasteiger partial charge in [0.2, 0.25) is 0 Å². The molecule has 2 rings (SSSR count). The van der Waals surface area contributed by atoms with E-state index in [1.165, 1.54) is 6.42 Å². The molecule has 1 aliphatic rings. The number of anilines is 1. The zero-order chi connectivity index (χ0) is 14.0. The first-order valence-electron chi connectivity index (χ1n) is 7.01. The summed E-state index contributed by atoms with van der Waals surface area (Å²) in [6.45, 7) is 4.27. The summed E-state index contributed by atoms with van der Waals surface area (Å²) in [5, 5.41) is 0. The van der Waals surface area contributed by atoms with Crippen LogP contribution >= 0.6 is 0 Å². The molecule has 1 heterocycles. The van der Waals surface area contributed by atoms with Gasteiger partial charge in [0.25, 0.3) is 0 Å². The molecule has 0 spiro atoms. The number of aryl methyl sites for hydroxylation is 1. The lowest BCUT2D eigenvalue weighted by molar-refractivity contribution is -0.0717. The average Bonchev–Trinajstić information content (AvgIpc) is 2.40. The van der Waals surface area contributed by atoms with Gasteiger partial charge >= 0.3 is 0 Å². The van der Waals surface area contributed by atoms with Crippen molar-refractivity contribution in [1.29, 1.82) is 0 Å². The van der Waals surface area contributed by atoms with Gasteiger partial charge in [-0.3, -0.25) is 0 Å². The highest BCUT2D eigenvalue weighted by Gasteiger charge is 2.41. The van der Waals surface area contributed by atoms with Crippen LogP contribution in [-0.4, -0.2) is 17.7 Å². The minimum Gasteiger partial charge on any atom is -0.383 e. The van der Waals surface area contributed by atoms with Crippen molar-refractivity contribution in [2.45, 2.75) is 51.2 Å². The van der Waals surface area contributed by atoms with Crippen LogP contribution in [0.4, 0.5) is 5.82 Å². The van der Waals surface area contributed by atoms with Crippen LogP contribution in [0.15, 0.2) is 12.3 Å². The van der Waals surface area contributed by atoms with Gasteiger partial charge in [-0.15, -0.1) is 0 Å². The van der Waals surface area contributed by atoms with Crippen molar-refractivity contribution < 1.29 is 4.74 Å². The fraction of sp³-hybridized carbons (Fsp3) is 0.667. The number of hydrogen-bond acceptors (Lipinski definition) is 4. The van der Waals surface area contributed by atoms with Gasteiger partial charge in [0.05, 0.1) is 11.6 Å². The van der Waals surface area contributed by atoms with Gasteiger partial charge in [-0.1, -0.05) is 19.8 Å². The van der Waals surface area contributed by atoms with Crippen molar-refractivity contribution in [1.82, 2.24) is 4.98 Å². The molecule has 0 aromatic carbocycles. The Kier molecular flexibility index (Phi) is 4.11. The largest absolute Gasteiger partial charge is 0.383 e. The van der Waals surface area contributed by atoms with Crippen LogP contribution in [0.2, 0.25) is 0 Å². The van der Waals surface area contributed by atoms with Crippen molar-refractivity contribution in [3.63, 3.8) is 0 Å². The second-order valence-corrected chi connectivity index (χ2v) is 5.94. The van der Waals surface area contributed by atoms with E-state index in [0.29, 0.717) is 11.7 Å². The smallest absolute Gasteiger partial charge is 0.128 e. The van der Waals surface area contributed by atoms with Crippen LogP contribution in [0, 0.1) is 12.8 Å². The summed E-state index contributed by atoms with van der Waals surface area (Å²) in [4.78, 5) is 4.22. The molecule has 3 unspecified atom stereocenters. The molecule has 0 saturated heterocycles. The highest BCUT2D eigenvalue weighted by Crippen LogP contribution is 2.43. The second-order valence-electron chi connectivity index (χ2n) is 5.94. The molecule has 1 aromatic heterocycles. The maximum atomic E-state index is 6.50. The summed E-state index contributed by atoms with van der Waals surface area (Å²) in [6.07, 6.45) is 6.15. The standard InChI is InChI=1S/C15H25N3O/c1-10-5-4-6-15(8-10,19-3)13(16)12-7-11(2)9-18-14(12)17/h7,9-10,13H,4-6,8,16H2,1-3H3,(H2,17,18). The first-order chi connectivity index (χ1) is 8.98. The van der Waals surface area contributed by atoms with E-state index in [9.17, 15) is 0 Å². The number of ether oxygens (including phenoxy) is 1. The van der Waals surface area contributed by atoms with Crippen LogP contribution in [0.3, 0.4) is 0 Å². The minimum atomic E-state index is -0.304. The molecule has 0 amide bonds. The van der Waals surface area contributed by atoms with Crippen molar-refractivity contribution in [3.05, 3.63) is 23.4 Å². The van der Waals surface area contributed by atoms with Crippen molar-refractivity contribution in [2.24, 2.45) is 11.7 Å². The molecule has 4 N–H and O–H groups in total. The molecule has 0 aliphatic heterocycles. The Bertz CT molecular complexity index is 449. The number of nitrogens with two attached hydrogens (primary N) is 2. The van der Waals surface area contributed by atoms with Crippen LogP contribution in [0.5, 0.6) is 0 Å². The molecule has 3 atom stereocenters. The van der Waals surface area contributed by atoms with E-state index in [1.54, 1.807) is 13.3 Å². The molecule has 106 valence electrons. The Hall–Kier alpha value is -1.13. The lowest BCUT2D eigenvalue weighted by atomic mass is 9.73. The van der Waals surface area contributed by atoms with Gasteiger partial charge in [-0.25, -0.2) is 4.98 Å². The highest BCUT2D eigenvalue weighted by atomic mass is 16.5. The molecular formula is C15H25N3O. The Morgan fingerprint density at radius 1 is 1.53 bits per heavy atom. The lowest BCUT2D eigenvalue weighted by Gasteiger charge is -2.43. The minimum absolute atomic E-state index is 0.215. The molecule has 1 saturated carbocycles. The Morgan fingerprint density at radius 2 is 2.26 bits per heavy atom. The fourth-order valence-corrected chi connectivity index (χ4v) is 3.27. The second kappa shape index (κ2) is 5.47. The lowest BCUT2D eigenvalue weighted by Crippen LogP contribution is -2.46. The third-order valence-electron chi connectivity index (χ3n) is 4.39. The topological polar surface area (TPSA) is 74.2 Å². The maximum Gasteiger partial charge on any atom is 0.128 e. The van der Waals surface area contributed by atoms with Gasteiger partial charge < -0.3 is 16.2 Å². The molecule has 0 bridgehead atoms. The van der Waals surface area contributed by atoms with Gasteiger partial charge in [0.15, 0.2) is 0 Å². The van der Waals surface area contributed by atoms with E-state index in [2.05, 4.69) is 11.9 Å². The Labute approximate surface area is 115 Å². The number of hydrogen-bond donors (Lipinski definition) is 2. The van der Waals surface area contributed by atoms with Crippen LogP contribution in [0.25, 0.3) is 0 Å². The van der Waals surface area contributed by atoms with Crippen LogP contribution in [-0.2, 0) is 4.74 Å². The average molecular weight is 263 g/mol. The number of nitrogens with zero attached hydrogens (tertiary/aromatic N) is 1. The third-order valence-corrected chi connectivity index (χ3v) is 4.39. The van der Waals surface area contributed by atoms with Crippen molar-refractivity contribution in [2.75, 3.05) is 12.8 Å². The van der Waals surface area contributed by atoms with Gasteiger partial charge in [-0.2, -0.15) is 0 Å². The summed E-state index contributed by atoms with van der Waals surface area (Å²) >= 11 is 0. The quantitative estimate of drug-likeness (QED) is 0.879. The predicted molar refractivity (Wildman–Crippen MR) is 77.7 cm³/mol. The molecule has 1 fully saturated rings. The van der Waals surface area contributed by atoms with E-state index in [1.807, 2.05) is 13.0 Å². The molecule has 4 nitrogen and oxygen atoms in total. The molecule has 0 radical (unpaired) electrons. The van der Waals surface area contributed by atoms with Crippen LogP contribution < -0.4 is 11.5 Å². The SMILES string of the molecule is COC1(C(N)c2cc(C)cnc2N)CCCC(C)C1. The molecule has 1 aliphatic carbocycles. The summed E-state index contributed by atoms with van der Waals surface area (Å²) in [5.74, 6) is 1.16. The van der Waals surface area contributed by atoms with Gasteiger partial charge in [0.1, 0.15) is 5.82 Å². The van der Waals surface area contributed by atoms with E-state index in [0.717, 1.165) is 30.4 Å². The molecule has 19 heavy (non-hydrogen) atoms. The van der Waals surface area contributed by atoms with E-state index < -0.39 is 0 Å². The van der Waals surface area contributed by atoms with Gasteiger partial charge in [-0.05, 0) is 37.3 Å². The highest BCUT2D eigenvalue weighted by molar-refractivity contribution is 5.44. The van der Waals surface area contributed by atoms with Crippen LogP contribution in [0.1, 0.15) is 49.8 Å². The fourth-order valence-electron chi connectivity index (χ4n) is 3.27. The summed E-state index contributed by atoms with van der Waals surface area (Å²) in [5.41, 5.74) is 14.2. The Morgan fingerprint density at radius 3 is 2.89 bits per heavy atom. The number of pyridine rings is 1. The molecular weight excluding hydrogens is 238 g/mol. The zero-order valence-corrected chi connectivity index (χ0v) is 12.1. The molecule has 4 heteroatoms. The van der Waals surface area contributed by atoms with E-state index in [4.69, 9.17) is 16.2 Å². The van der Waals surface area contributed by atoms with Crippen molar-refractivity contribution >= 4 is 5.82 Å². The molecule has 1 aromatic rings. The van der Waals surface area contributed by atoms with Gasteiger partial charge in [0, 0.05) is 18.9 Å². The predicted octanol–water partition coefficient (Wildman–Crippen LogP) is 2.57. The monoisotopic (exact) mass is 263 g/mol. The first kappa shape index (κ1) is 14.3. The third kappa shape index (κ3) is 2.74. The maximum absolute atomic E-state index is 6.50.